The van der Waals surface area contributed by atoms with Crippen LogP contribution in [-0.4, -0.2) is 20.7 Å². The highest BCUT2D eigenvalue weighted by Crippen LogP contribution is 2.24. The summed E-state index contributed by atoms with van der Waals surface area (Å²) in [6.07, 6.45) is 0.619. The van der Waals surface area contributed by atoms with E-state index in [1.165, 1.54) is 12.1 Å². The topological polar surface area (TPSA) is 73.8 Å². The largest absolute Gasteiger partial charge is 0.368 e. The van der Waals surface area contributed by atoms with Gasteiger partial charge in [-0.05, 0) is 36.2 Å². The second-order valence-electron chi connectivity index (χ2n) is 5.42. The Bertz CT molecular complexity index is 843. The number of carbonyl (C=O) groups excluding carboxylic acids is 1. The minimum Gasteiger partial charge on any atom is -0.368 e. The number of halogens is 1. The van der Waals surface area contributed by atoms with Crippen LogP contribution in [0.15, 0.2) is 54.6 Å². The summed E-state index contributed by atoms with van der Waals surface area (Å²) in [4.78, 5) is 16.9. The number of rotatable bonds is 4. The quantitative estimate of drug-likeness (QED) is 0.797. The number of nitrogens with zero attached hydrogens (tertiary/aromatic N) is 3. The van der Waals surface area contributed by atoms with E-state index in [1.807, 2.05) is 37.3 Å². The molecule has 1 aromatic heterocycles. The zero-order valence-electron chi connectivity index (χ0n) is 13.2. The minimum atomic E-state index is -0.351. The van der Waals surface area contributed by atoms with Gasteiger partial charge in [-0.15, -0.1) is 5.10 Å². The van der Waals surface area contributed by atoms with Crippen LogP contribution in [-0.2, 0) is 0 Å². The van der Waals surface area contributed by atoms with E-state index in [0.717, 1.165) is 10.2 Å². The van der Waals surface area contributed by atoms with Crippen molar-refractivity contribution in [3.05, 3.63) is 66.0 Å². The Morgan fingerprint density at radius 2 is 1.83 bits per heavy atom. The average molecular weight is 324 g/mol. The van der Waals surface area contributed by atoms with Gasteiger partial charge in [0.2, 0.25) is 5.95 Å². The van der Waals surface area contributed by atoms with Gasteiger partial charge >= 0.3 is 0 Å². The molecule has 0 aliphatic rings. The molecule has 3 aromatic rings. The van der Waals surface area contributed by atoms with Gasteiger partial charge in [0.1, 0.15) is 5.82 Å². The first-order chi connectivity index (χ1) is 11.6. The highest BCUT2D eigenvalue weighted by atomic mass is 19.1. The van der Waals surface area contributed by atoms with Crippen molar-refractivity contribution in [1.29, 1.82) is 0 Å². The zero-order chi connectivity index (χ0) is 17.1. The summed E-state index contributed by atoms with van der Waals surface area (Å²) in [5.74, 6) is -0.617. The molecule has 0 radical (unpaired) electrons. The van der Waals surface area contributed by atoms with Gasteiger partial charge in [0.05, 0.1) is 5.92 Å². The van der Waals surface area contributed by atoms with Gasteiger partial charge in [0, 0.05) is 5.56 Å². The zero-order valence-corrected chi connectivity index (χ0v) is 13.2. The highest BCUT2D eigenvalue weighted by molar-refractivity contribution is 5.87. The second kappa shape index (κ2) is 6.62. The summed E-state index contributed by atoms with van der Waals surface area (Å²) < 4.78 is 14.2. The van der Waals surface area contributed by atoms with Gasteiger partial charge in [-0.25, -0.2) is 4.39 Å². The third kappa shape index (κ3) is 3.03. The molecular formula is C18H17FN4O. The molecule has 5 nitrogen and oxygen atoms in total. The fraction of sp³-hybridized carbons (Fsp3) is 0.167. The number of hydrogen-bond acceptors (Lipinski definition) is 4. The van der Waals surface area contributed by atoms with Crippen LogP contribution in [0.2, 0.25) is 0 Å². The number of carbonyl (C=O) groups is 1. The molecule has 3 rings (SSSR count). The first-order valence-corrected chi connectivity index (χ1v) is 7.67. The Kier molecular flexibility index (Phi) is 4.37. The SMILES string of the molecule is CC[C@@H](C(=O)n1nc(-c2ccc(F)cc2)nc1N)c1ccccc1. The maximum absolute atomic E-state index is 13.0. The minimum absolute atomic E-state index is 0.0220. The summed E-state index contributed by atoms with van der Waals surface area (Å²) >= 11 is 0. The van der Waals surface area contributed by atoms with E-state index in [0.29, 0.717) is 17.8 Å². The fourth-order valence-corrected chi connectivity index (χ4v) is 2.59. The number of nitrogen functional groups attached to an aromatic ring is 1. The van der Waals surface area contributed by atoms with Crippen molar-refractivity contribution in [2.75, 3.05) is 5.73 Å². The van der Waals surface area contributed by atoms with Crippen molar-refractivity contribution >= 4 is 11.9 Å². The predicted molar refractivity (Wildman–Crippen MR) is 89.9 cm³/mol. The molecule has 0 spiro atoms. The average Bonchev–Trinajstić information content (AvgIpc) is 2.99. The van der Waals surface area contributed by atoms with E-state index in [-0.39, 0.29) is 23.6 Å². The molecule has 0 bridgehead atoms. The monoisotopic (exact) mass is 324 g/mol. The molecule has 0 saturated heterocycles. The summed E-state index contributed by atoms with van der Waals surface area (Å²) in [5, 5.41) is 4.21. The lowest BCUT2D eigenvalue weighted by molar-refractivity contribution is 0.0862. The molecule has 2 N–H and O–H groups in total. The maximum Gasteiger partial charge on any atom is 0.257 e. The Hall–Kier alpha value is -3.02. The van der Waals surface area contributed by atoms with E-state index in [1.54, 1.807) is 12.1 Å². The van der Waals surface area contributed by atoms with Crippen molar-refractivity contribution in [2.24, 2.45) is 0 Å². The smallest absolute Gasteiger partial charge is 0.257 e. The number of hydrogen-bond donors (Lipinski definition) is 1. The lowest BCUT2D eigenvalue weighted by Gasteiger charge is -2.13. The molecule has 1 atom stereocenters. The summed E-state index contributed by atoms with van der Waals surface area (Å²) in [6.45, 7) is 1.93. The lowest BCUT2D eigenvalue weighted by Crippen LogP contribution is -2.22. The van der Waals surface area contributed by atoms with Gasteiger partial charge in [0.15, 0.2) is 5.82 Å². The number of nitrogens with two attached hydrogens (primary N) is 1. The standard InChI is InChI=1S/C18H17FN4O/c1-2-15(12-6-4-3-5-7-12)17(24)23-18(20)21-16(22-23)13-8-10-14(19)11-9-13/h3-11,15H,2H2,1H3,(H2,20,21,22)/t15-/m1/s1. The van der Waals surface area contributed by atoms with Gasteiger partial charge in [-0.1, -0.05) is 37.3 Å². The molecule has 122 valence electrons. The predicted octanol–water partition coefficient (Wildman–Crippen LogP) is 3.50. The summed E-state index contributed by atoms with van der Waals surface area (Å²) in [5.41, 5.74) is 7.38. The first kappa shape index (κ1) is 15.9. The van der Waals surface area contributed by atoms with Gasteiger partial charge in [-0.2, -0.15) is 9.67 Å². The molecule has 6 heteroatoms. The van der Waals surface area contributed by atoms with Crippen LogP contribution in [0, 0.1) is 5.82 Å². The number of aromatic nitrogens is 3. The van der Waals surface area contributed by atoms with E-state index < -0.39 is 0 Å². The third-order valence-corrected chi connectivity index (χ3v) is 3.85. The van der Waals surface area contributed by atoms with Gasteiger partial charge in [-0.3, -0.25) is 4.79 Å². The molecule has 0 aliphatic carbocycles. The molecule has 0 aliphatic heterocycles. The summed E-state index contributed by atoms with van der Waals surface area (Å²) in [6, 6.07) is 15.2. The molecule has 0 fully saturated rings. The van der Waals surface area contributed by atoms with Crippen molar-refractivity contribution < 1.29 is 9.18 Å². The van der Waals surface area contributed by atoms with Crippen LogP contribution in [0.4, 0.5) is 10.3 Å². The van der Waals surface area contributed by atoms with E-state index in [2.05, 4.69) is 10.1 Å². The van der Waals surface area contributed by atoms with Crippen molar-refractivity contribution in [3.8, 4) is 11.4 Å². The van der Waals surface area contributed by atoms with Crippen LogP contribution in [0.5, 0.6) is 0 Å². The van der Waals surface area contributed by atoms with E-state index in [4.69, 9.17) is 5.73 Å². The molecule has 0 amide bonds. The Morgan fingerprint density at radius 3 is 2.46 bits per heavy atom. The Morgan fingerprint density at radius 1 is 1.17 bits per heavy atom. The number of benzene rings is 2. The van der Waals surface area contributed by atoms with E-state index in [9.17, 15) is 9.18 Å². The molecule has 0 saturated carbocycles. The van der Waals surface area contributed by atoms with Gasteiger partial charge in [0.25, 0.3) is 5.91 Å². The molecule has 0 unspecified atom stereocenters. The van der Waals surface area contributed by atoms with Crippen molar-refractivity contribution in [2.45, 2.75) is 19.3 Å². The number of anilines is 1. The van der Waals surface area contributed by atoms with Crippen LogP contribution in [0.3, 0.4) is 0 Å². The van der Waals surface area contributed by atoms with Crippen molar-refractivity contribution in [1.82, 2.24) is 14.8 Å². The third-order valence-electron chi connectivity index (χ3n) is 3.85. The molecule has 24 heavy (non-hydrogen) atoms. The first-order valence-electron chi connectivity index (χ1n) is 7.67. The Balaban J connectivity index is 1.94. The van der Waals surface area contributed by atoms with E-state index >= 15 is 0 Å². The van der Waals surface area contributed by atoms with Crippen molar-refractivity contribution in [3.63, 3.8) is 0 Å². The Labute approximate surface area is 138 Å². The molecule has 1 heterocycles. The highest BCUT2D eigenvalue weighted by Gasteiger charge is 2.24. The van der Waals surface area contributed by atoms with Crippen LogP contribution in [0.25, 0.3) is 11.4 Å². The summed E-state index contributed by atoms with van der Waals surface area (Å²) in [7, 11) is 0. The normalized spacial score (nSPS) is 12.1. The van der Waals surface area contributed by atoms with Crippen LogP contribution >= 0.6 is 0 Å². The van der Waals surface area contributed by atoms with Crippen LogP contribution in [0.1, 0.15) is 29.6 Å². The molecule has 2 aromatic carbocycles. The molecular weight excluding hydrogens is 307 g/mol. The van der Waals surface area contributed by atoms with Gasteiger partial charge < -0.3 is 5.73 Å². The fourth-order valence-electron chi connectivity index (χ4n) is 2.59. The second-order valence-corrected chi connectivity index (χ2v) is 5.42. The van der Waals surface area contributed by atoms with Crippen LogP contribution < -0.4 is 5.73 Å². The lowest BCUT2D eigenvalue weighted by atomic mass is 9.96. The maximum atomic E-state index is 13.0.